The Morgan fingerprint density at radius 3 is 2.00 bits per heavy atom. The first kappa shape index (κ1) is 26.6. The summed E-state index contributed by atoms with van der Waals surface area (Å²) in [5.74, 6) is -2.22. The summed E-state index contributed by atoms with van der Waals surface area (Å²) in [5, 5.41) is 8.96. The molecule has 1 unspecified atom stereocenters. The Hall–Kier alpha value is -4.51. The molecule has 196 valence electrons. The van der Waals surface area contributed by atoms with Crippen molar-refractivity contribution in [3.63, 3.8) is 0 Å². The number of rotatable bonds is 8. The fraction of sp³-hybridized carbons (Fsp3) is 0.148. The second kappa shape index (κ2) is 10.9. The molecule has 0 fully saturated rings. The number of carbonyl (C=O) groups is 1. The van der Waals surface area contributed by atoms with Gasteiger partial charge in [-0.15, -0.1) is 0 Å². The molecule has 0 aliphatic heterocycles. The van der Waals surface area contributed by atoms with Gasteiger partial charge in [-0.05, 0) is 35.2 Å². The Labute approximate surface area is 214 Å². The normalized spacial score (nSPS) is 13.1. The molecule has 0 saturated carbocycles. The maximum Gasteiger partial charge on any atom is 0.429 e. The van der Waals surface area contributed by atoms with Crippen LogP contribution in [-0.2, 0) is 11.2 Å². The van der Waals surface area contributed by atoms with Crippen LogP contribution in [-0.4, -0.2) is 33.3 Å². The molecule has 0 bridgehead atoms. The van der Waals surface area contributed by atoms with Gasteiger partial charge in [0.15, 0.2) is 0 Å². The topological polar surface area (TPSA) is 124 Å². The Morgan fingerprint density at radius 2 is 1.45 bits per heavy atom. The summed E-state index contributed by atoms with van der Waals surface area (Å²) in [6.45, 7) is 0. The van der Waals surface area contributed by atoms with Crippen LogP contribution in [0.4, 0.5) is 23.5 Å². The molecule has 11 heteroatoms. The van der Waals surface area contributed by atoms with E-state index in [0.717, 1.165) is 0 Å². The van der Waals surface area contributed by atoms with Gasteiger partial charge in [-0.3, -0.25) is 4.79 Å². The highest BCUT2D eigenvalue weighted by molar-refractivity contribution is 5.73. The minimum absolute atomic E-state index is 0.100. The second-order valence-corrected chi connectivity index (χ2v) is 8.46. The molecule has 5 N–H and O–H groups in total. The lowest BCUT2D eigenvalue weighted by Gasteiger charge is -2.22. The van der Waals surface area contributed by atoms with Crippen LogP contribution in [0.1, 0.15) is 17.2 Å². The van der Waals surface area contributed by atoms with E-state index >= 15 is 0 Å². The number of nitrogens with two attached hydrogens (primary N) is 2. The van der Waals surface area contributed by atoms with Crippen molar-refractivity contribution in [2.45, 2.75) is 24.7 Å². The monoisotopic (exact) mass is 526 g/mol. The lowest BCUT2D eigenvalue weighted by Crippen LogP contribution is -2.32. The van der Waals surface area contributed by atoms with Gasteiger partial charge < -0.3 is 21.3 Å². The maximum atomic E-state index is 14.0. The number of anilines is 1. The summed E-state index contributed by atoms with van der Waals surface area (Å²) in [4.78, 5) is 18.9. The molecule has 0 saturated heterocycles. The standard InChI is InChI=1S/C27H22F4N4O3/c28-20-11-9-17(10-12-20)16-5-7-19(8-6-16)24(27(29,30)31)38-23-14-22(34-26(33)35-23)18-3-1-15(2-4-18)13-21(32)25(36)37/h1-12,14,21,24H,13,32H2,(H,36,37)(H2,33,34,35)/t21-,24?/m0/s1. The molecule has 3 aromatic carbocycles. The molecule has 2 atom stereocenters. The molecular formula is C27H22F4N4O3. The first-order valence-electron chi connectivity index (χ1n) is 11.3. The number of carboxylic acids is 1. The van der Waals surface area contributed by atoms with E-state index in [2.05, 4.69) is 9.97 Å². The highest BCUT2D eigenvalue weighted by Crippen LogP contribution is 2.38. The van der Waals surface area contributed by atoms with Crippen LogP contribution < -0.4 is 16.2 Å². The lowest BCUT2D eigenvalue weighted by molar-refractivity contribution is -0.198. The van der Waals surface area contributed by atoms with Crippen molar-refractivity contribution in [1.82, 2.24) is 9.97 Å². The molecule has 4 rings (SSSR count). The fourth-order valence-corrected chi connectivity index (χ4v) is 3.74. The molecule has 0 aliphatic rings. The quantitative estimate of drug-likeness (QED) is 0.271. The third-order valence-corrected chi connectivity index (χ3v) is 5.67. The van der Waals surface area contributed by atoms with E-state index < -0.39 is 30.1 Å². The van der Waals surface area contributed by atoms with Crippen molar-refractivity contribution >= 4 is 11.9 Å². The first-order valence-corrected chi connectivity index (χ1v) is 11.3. The van der Waals surface area contributed by atoms with E-state index in [9.17, 15) is 22.4 Å². The third-order valence-electron chi connectivity index (χ3n) is 5.67. The van der Waals surface area contributed by atoms with Gasteiger partial charge in [0, 0.05) is 17.2 Å². The summed E-state index contributed by atoms with van der Waals surface area (Å²) in [5.41, 5.74) is 13.8. The number of aliphatic carboxylic acids is 1. The molecule has 0 amide bonds. The zero-order valence-corrected chi connectivity index (χ0v) is 19.7. The van der Waals surface area contributed by atoms with Gasteiger partial charge in [0.1, 0.15) is 11.9 Å². The van der Waals surface area contributed by atoms with Gasteiger partial charge in [-0.2, -0.15) is 18.2 Å². The van der Waals surface area contributed by atoms with Gasteiger partial charge in [-0.25, -0.2) is 9.37 Å². The van der Waals surface area contributed by atoms with Crippen molar-refractivity contribution in [3.05, 3.63) is 95.8 Å². The number of nitrogens with zero attached hydrogens (tertiary/aromatic N) is 2. The van der Waals surface area contributed by atoms with Crippen molar-refractivity contribution in [2.24, 2.45) is 5.73 Å². The van der Waals surface area contributed by atoms with E-state index in [1.165, 1.54) is 54.6 Å². The number of nitrogen functional groups attached to an aromatic ring is 1. The molecule has 38 heavy (non-hydrogen) atoms. The highest BCUT2D eigenvalue weighted by Gasteiger charge is 2.43. The van der Waals surface area contributed by atoms with E-state index in [-0.39, 0.29) is 29.5 Å². The summed E-state index contributed by atoms with van der Waals surface area (Å²) in [7, 11) is 0. The zero-order chi connectivity index (χ0) is 27.4. The number of alkyl halides is 3. The number of hydrogen-bond acceptors (Lipinski definition) is 6. The van der Waals surface area contributed by atoms with Crippen LogP contribution in [0.2, 0.25) is 0 Å². The summed E-state index contributed by atoms with van der Waals surface area (Å²) in [6.07, 6.45) is -7.02. The minimum atomic E-state index is -4.78. The Morgan fingerprint density at radius 1 is 0.895 bits per heavy atom. The molecular weight excluding hydrogens is 504 g/mol. The van der Waals surface area contributed by atoms with Gasteiger partial charge in [0.05, 0.1) is 5.69 Å². The van der Waals surface area contributed by atoms with Gasteiger partial charge in [0.2, 0.25) is 17.9 Å². The molecule has 4 aromatic rings. The Kier molecular flexibility index (Phi) is 7.58. The number of aromatic nitrogens is 2. The number of carboxylic acid groups (broad SMARTS) is 1. The van der Waals surface area contributed by atoms with Crippen molar-refractivity contribution in [3.8, 4) is 28.3 Å². The fourth-order valence-electron chi connectivity index (χ4n) is 3.74. The van der Waals surface area contributed by atoms with Crippen LogP contribution >= 0.6 is 0 Å². The van der Waals surface area contributed by atoms with Crippen LogP contribution in [0.5, 0.6) is 5.88 Å². The molecule has 7 nitrogen and oxygen atoms in total. The van der Waals surface area contributed by atoms with E-state index in [0.29, 0.717) is 22.3 Å². The van der Waals surface area contributed by atoms with Gasteiger partial charge in [0.25, 0.3) is 0 Å². The predicted octanol–water partition coefficient (Wildman–Crippen LogP) is 5.17. The molecule has 0 aliphatic carbocycles. The van der Waals surface area contributed by atoms with E-state index in [1.807, 2.05) is 0 Å². The van der Waals surface area contributed by atoms with E-state index in [1.54, 1.807) is 24.3 Å². The van der Waals surface area contributed by atoms with E-state index in [4.69, 9.17) is 21.3 Å². The summed E-state index contributed by atoms with van der Waals surface area (Å²) in [6, 6.07) is 17.8. The smallest absolute Gasteiger partial charge is 0.429 e. The highest BCUT2D eigenvalue weighted by atomic mass is 19.4. The summed E-state index contributed by atoms with van der Waals surface area (Å²) >= 11 is 0. The average molecular weight is 526 g/mol. The lowest BCUT2D eigenvalue weighted by atomic mass is 10.0. The number of hydrogen-bond donors (Lipinski definition) is 3. The third kappa shape index (κ3) is 6.43. The number of ether oxygens (including phenoxy) is 1. The zero-order valence-electron chi connectivity index (χ0n) is 19.7. The van der Waals surface area contributed by atoms with Gasteiger partial charge >= 0.3 is 12.1 Å². The van der Waals surface area contributed by atoms with Crippen LogP contribution in [0.15, 0.2) is 78.9 Å². The maximum absolute atomic E-state index is 14.0. The van der Waals surface area contributed by atoms with Gasteiger partial charge in [-0.1, -0.05) is 60.7 Å². The van der Waals surface area contributed by atoms with Crippen LogP contribution in [0, 0.1) is 5.82 Å². The SMILES string of the molecule is Nc1nc(OC(c2ccc(-c3ccc(F)cc3)cc2)C(F)(F)F)cc(-c2ccc(C[C@H](N)C(=O)O)cc2)n1. The Bertz CT molecular complexity index is 1410. The van der Waals surface area contributed by atoms with Crippen molar-refractivity contribution in [1.29, 1.82) is 0 Å². The largest absolute Gasteiger partial charge is 0.480 e. The second-order valence-electron chi connectivity index (χ2n) is 8.46. The Balaban J connectivity index is 1.58. The molecule has 1 heterocycles. The number of halogens is 4. The molecule has 0 spiro atoms. The minimum Gasteiger partial charge on any atom is -0.480 e. The van der Waals surface area contributed by atoms with Crippen LogP contribution in [0.3, 0.4) is 0 Å². The molecule has 0 radical (unpaired) electrons. The van der Waals surface area contributed by atoms with Crippen LogP contribution in [0.25, 0.3) is 22.4 Å². The average Bonchev–Trinajstić information content (AvgIpc) is 2.87. The molecule has 1 aromatic heterocycles. The van der Waals surface area contributed by atoms with Crippen molar-refractivity contribution < 1.29 is 32.2 Å². The number of benzene rings is 3. The van der Waals surface area contributed by atoms with Crippen molar-refractivity contribution in [2.75, 3.05) is 5.73 Å². The summed E-state index contributed by atoms with van der Waals surface area (Å²) < 4.78 is 60.5. The first-order chi connectivity index (χ1) is 18.0. The predicted molar refractivity (Wildman–Crippen MR) is 132 cm³/mol.